The summed E-state index contributed by atoms with van der Waals surface area (Å²) in [4.78, 5) is 2.29. The van der Waals surface area contributed by atoms with E-state index in [0.29, 0.717) is 17.9 Å². The molecule has 0 saturated heterocycles. The second-order valence-electron chi connectivity index (χ2n) is 5.88. The van der Waals surface area contributed by atoms with Crippen molar-refractivity contribution in [1.82, 2.24) is 4.90 Å². The molecule has 0 saturated carbocycles. The fraction of sp³-hybridized carbons (Fsp3) is 0.625. The van der Waals surface area contributed by atoms with Crippen LogP contribution in [0.2, 0.25) is 0 Å². The molecule has 1 rings (SSSR count). The SMILES string of the molecule is CC(CN)CC(c1ccc(C(C)C)cc1)N(C)C. The van der Waals surface area contributed by atoms with Crippen molar-refractivity contribution in [3.63, 3.8) is 0 Å². The highest BCUT2D eigenvalue weighted by atomic mass is 15.1. The van der Waals surface area contributed by atoms with Crippen molar-refractivity contribution in [3.8, 4) is 0 Å². The van der Waals surface area contributed by atoms with Crippen LogP contribution in [0, 0.1) is 5.92 Å². The summed E-state index contributed by atoms with van der Waals surface area (Å²) in [6, 6.07) is 9.50. The number of benzene rings is 1. The largest absolute Gasteiger partial charge is 0.330 e. The van der Waals surface area contributed by atoms with E-state index in [1.807, 2.05) is 0 Å². The molecule has 18 heavy (non-hydrogen) atoms. The Hall–Kier alpha value is -0.860. The van der Waals surface area contributed by atoms with E-state index < -0.39 is 0 Å². The molecule has 0 heterocycles. The molecule has 0 aromatic heterocycles. The minimum Gasteiger partial charge on any atom is -0.330 e. The highest BCUT2D eigenvalue weighted by Crippen LogP contribution is 2.27. The van der Waals surface area contributed by atoms with Crippen molar-refractivity contribution in [3.05, 3.63) is 35.4 Å². The fourth-order valence-electron chi connectivity index (χ4n) is 2.23. The van der Waals surface area contributed by atoms with E-state index in [1.165, 1.54) is 11.1 Å². The molecule has 2 N–H and O–H groups in total. The van der Waals surface area contributed by atoms with Gasteiger partial charge in [0.2, 0.25) is 0 Å². The molecule has 2 atom stereocenters. The lowest BCUT2D eigenvalue weighted by Gasteiger charge is -2.27. The van der Waals surface area contributed by atoms with E-state index in [4.69, 9.17) is 5.73 Å². The van der Waals surface area contributed by atoms with Gasteiger partial charge in [-0.2, -0.15) is 0 Å². The van der Waals surface area contributed by atoms with Gasteiger partial charge in [0.25, 0.3) is 0 Å². The Labute approximate surface area is 112 Å². The Bertz CT molecular complexity index is 341. The quantitative estimate of drug-likeness (QED) is 0.836. The van der Waals surface area contributed by atoms with E-state index in [-0.39, 0.29) is 0 Å². The molecule has 1 aromatic rings. The normalized spacial score (nSPS) is 15.1. The molecule has 1 aromatic carbocycles. The van der Waals surface area contributed by atoms with Gasteiger partial charge in [-0.1, -0.05) is 45.0 Å². The number of nitrogens with two attached hydrogens (primary N) is 1. The summed E-state index contributed by atoms with van der Waals surface area (Å²) in [5, 5.41) is 0. The van der Waals surface area contributed by atoms with Crippen LogP contribution in [-0.2, 0) is 0 Å². The molecule has 0 aliphatic carbocycles. The van der Waals surface area contributed by atoms with Crippen molar-refractivity contribution < 1.29 is 0 Å². The lowest BCUT2D eigenvalue weighted by molar-refractivity contribution is 0.255. The molecule has 0 spiro atoms. The molecular weight excluding hydrogens is 220 g/mol. The van der Waals surface area contributed by atoms with Gasteiger partial charge in [-0.15, -0.1) is 0 Å². The van der Waals surface area contributed by atoms with Crippen LogP contribution in [0.5, 0.6) is 0 Å². The minimum absolute atomic E-state index is 0.463. The van der Waals surface area contributed by atoms with Gasteiger partial charge in [0.05, 0.1) is 0 Å². The van der Waals surface area contributed by atoms with Gasteiger partial charge in [0.15, 0.2) is 0 Å². The second-order valence-corrected chi connectivity index (χ2v) is 5.88. The summed E-state index contributed by atoms with van der Waals surface area (Å²) < 4.78 is 0. The van der Waals surface area contributed by atoms with Crippen LogP contribution in [0.15, 0.2) is 24.3 Å². The van der Waals surface area contributed by atoms with Gasteiger partial charge in [0, 0.05) is 6.04 Å². The highest BCUT2D eigenvalue weighted by molar-refractivity contribution is 5.27. The van der Waals surface area contributed by atoms with Gasteiger partial charge in [0.1, 0.15) is 0 Å². The van der Waals surface area contributed by atoms with E-state index in [1.54, 1.807) is 0 Å². The first-order chi connectivity index (χ1) is 8.45. The maximum atomic E-state index is 5.74. The lowest BCUT2D eigenvalue weighted by Crippen LogP contribution is -2.24. The molecule has 0 amide bonds. The van der Waals surface area contributed by atoms with Crippen LogP contribution >= 0.6 is 0 Å². The Morgan fingerprint density at radius 3 is 1.89 bits per heavy atom. The van der Waals surface area contributed by atoms with E-state index >= 15 is 0 Å². The molecule has 2 unspecified atom stereocenters. The van der Waals surface area contributed by atoms with E-state index in [0.717, 1.165) is 13.0 Å². The molecule has 2 heteroatoms. The molecule has 2 nitrogen and oxygen atoms in total. The third-order valence-electron chi connectivity index (χ3n) is 3.64. The predicted molar refractivity (Wildman–Crippen MR) is 79.8 cm³/mol. The third kappa shape index (κ3) is 4.11. The average molecular weight is 248 g/mol. The maximum Gasteiger partial charge on any atom is 0.0345 e. The van der Waals surface area contributed by atoms with Gasteiger partial charge in [-0.3, -0.25) is 0 Å². The van der Waals surface area contributed by atoms with Crippen LogP contribution in [0.1, 0.15) is 50.3 Å². The zero-order chi connectivity index (χ0) is 13.7. The Balaban J connectivity index is 2.85. The highest BCUT2D eigenvalue weighted by Gasteiger charge is 2.16. The summed E-state index contributed by atoms with van der Waals surface area (Å²) in [6.07, 6.45) is 1.12. The van der Waals surface area contributed by atoms with Gasteiger partial charge in [-0.05, 0) is 50.0 Å². The number of hydrogen-bond acceptors (Lipinski definition) is 2. The molecule has 0 fully saturated rings. The first-order valence-electron chi connectivity index (χ1n) is 6.92. The topological polar surface area (TPSA) is 29.3 Å². The zero-order valence-corrected chi connectivity index (χ0v) is 12.5. The summed E-state index contributed by atoms with van der Waals surface area (Å²) in [5.41, 5.74) is 8.54. The first-order valence-corrected chi connectivity index (χ1v) is 6.92. The van der Waals surface area contributed by atoms with Crippen molar-refractivity contribution in [2.75, 3.05) is 20.6 Å². The van der Waals surface area contributed by atoms with Gasteiger partial charge < -0.3 is 10.6 Å². The fourth-order valence-corrected chi connectivity index (χ4v) is 2.23. The molecule has 102 valence electrons. The Kier molecular flexibility index (Phi) is 5.83. The minimum atomic E-state index is 0.463. The smallest absolute Gasteiger partial charge is 0.0345 e. The van der Waals surface area contributed by atoms with Crippen molar-refractivity contribution >= 4 is 0 Å². The van der Waals surface area contributed by atoms with Crippen LogP contribution in [0.4, 0.5) is 0 Å². The summed E-state index contributed by atoms with van der Waals surface area (Å²) in [5.74, 6) is 1.15. The zero-order valence-electron chi connectivity index (χ0n) is 12.5. The second kappa shape index (κ2) is 6.91. The standard InChI is InChI=1S/C16H28N2/c1-12(2)14-6-8-15(9-7-14)16(18(4)5)10-13(3)11-17/h6-9,12-13,16H,10-11,17H2,1-5H3. The first kappa shape index (κ1) is 15.2. The maximum absolute atomic E-state index is 5.74. The molecular formula is C16H28N2. The molecule has 0 aliphatic heterocycles. The summed E-state index contributed by atoms with van der Waals surface area (Å²) >= 11 is 0. The number of nitrogens with zero attached hydrogens (tertiary/aromatic N) is 1. The lowest BCUT2D eigenvalue weighted by atomic mass is 9.93. The molecule has 0 bridgehead atoms. The van der Waals surface area contributed by atoms with Crippen LogP contribution in [-0.4, -0.2) is 25.5 Å². The van der Waals surface area contributed by atoms with E-state index in [9.17, 15) is 0 Å². The van der Waals surface area contributed by atoms with E-state index in [2.05, 4.69) is 64.0 Å². The van der Waals surface area contributed by atoms with Gasteiger partial charge in [-0.25, -0.2) is 0 Å². The van der Waals surface area contributed by atoms with Crippen LogP contribution < -0.4 is 5.73 Å². The average Bonchev–Trinajstić information content (AvgIpc) is 2.35. The van der Waals surface area contributed by atoms with Crippen LogP contribution in [0.25, 0.3) is 0 Å². The Morgan fingerprint density at radius 1 is 1.00 bits per heavy atom. The Morgan fingerprint density at radius 2 is 1.50 bits per heavy atom. The number of hydrogen-bond donors (Lipinski definition) is 1. The van der Waals surface area contributed by atoms with Crippen molar-refractivity contribution in [2.45, 2.75) is 39.2 Å². The predicted octanol–water partition coefficient (Wildman–Crippen LogP) is 3.40. The summed E-state index contributed by atoms with van der Waals surface area (Å²) in [7, 11) is 4.29. The van der Waals surface area contributed by atoms with Crippen molar-refractivity contribution in [2.24, 2.45) is 11.7 Å². The molecule has 0 radical (unpaired) electrons. The van der Waals surface area contributed by atoms with Crippen LogP contribution in [0.3, 0.4) is 0 Å². The molecule has 0 aliphatic rings. The summed E-state index contributed by atoms with van der Waals surface area (Å²) in [6.45, 7) is 7.44. The monoisotopic (exact) mass is 248 g/mol. The van der Waals surface area contributed by atoms with Gasteiger partial charge >= 0.3 is 0 Å². The van der Waals surface area contributed by atoms with Crippen molar-refractivity contribution in [1.29, 1.82) is 0 Å². The third-order valence-corrected chi connectivity index (χ3v) is 3.64. The number of rotatable bonds is 6.